The van der Waals surface area contributed by atoms with Gasteiger partial charge in [-0.15, -0.1) is 0 Å². The number of alkyl halides is 13. The van der Waals surface area contributed by atoms with E-state index in [1.54, 1.807) is 0 Å². The maximum atomic E-state index is 14.4. The first kappa shape index (κ1) is 55.2. The molecule has 0 radical (unpaired) electrons. The summed E-state index contributed by atoms with van der Waals surface area (Å²) in [4.78, 5) is 35.8. The Kier molecular flexibility index (Phi) is 20.9. The number of aryl methyl sites for hydroxylation is 1. The number of anilines is 2. The van der Waals surface area contributed by atoms with E-state index in [0.29, 0.717) is 24.8 Å². The first-order valence-electron chi connectivity index (χ1n) is 19.1. The van der Waals surface area contributed by atoms with Gasteiger partial charge in [0, 0.05) is 31.4 Å². The number of likely N-dealkylation sites (N-methyl/N-ethyl adjacent to an activating group) is 1. The summed E-state index contributed by atoms with van der Waals surface area (Å²) in [6, 6.07) is 4.05. The number of nitrogens with zero attached hydrogens (tertiary/aromatic N) is 1. The van der Waals surface area contributed by atoms with Crippen LogP contribution in [-0.2, 0) is 24.3 Å². The van der Waals surface area contributed by atoms with E-state index in [4.69, 9.17) is 9.84 Å². The molecule has 0 saturated heterocycles. The minimum Gasteiger partial charge on any atom is -0.481 e. The van der Waals surface area contributed by atoms with Crippen LogP contribution in [0.5, 0.6) is 0 Å². The Hall–Kier alpha value is -3.77. The van der Waals surface area contributed by atoms with E-state index >= 15 is 0 Å². The number of carbonyl (C=O) groups excluding carboxylic acids is 2. The van der Waals surface area contributed by atoms with Crippen molar-refractivity contribution < 1.29 is 94.5 Å². The van der Waals surface area contributed by atoms with Crippen LogP contribution in [0.4, 0.5) is 78.0 Å². The first-order valence-corrected chi connectivity index (χ1v) is 20.5. The summed E-state index contributed by atoms with van der Waals surface area (Å²) in [5, 5.41) is 5.90. The number of ether oxygens (including phenoxy) is 2. The van der Waals surface area contributed by atoms with Gasteiger partial charge in [-0.2, -0.15) is 61.4 Å². The minimum absolute atomic E-state index is 0.0348. The second-order valence-corrected chi connectivity index (χ2v) is 16.3. The lowest BCUT2D eigenvalue weighted by molar-refractivity contribution is -0.433. The zero-order valence-corrected chi connectivity index (χ0v) is 34.2. The molecule has 1 atom stereocenters. The van der Waals surface area contributed by atoms with E-state index in [2.05, 4.69) is 15.4 Å². The second kappa shape index (κ2) is 23.1. The number of carbonyl (C=O) groups is 3. The Morgan fingerprint density at radius 1 is 0.705 bits per heavy atom. The zero-order valence-electron chi connectivity index (χ0n) is 33.4. The van der Waals surface area contributed by atoms with Gasteiger partial charge in [-0.1, -0.05) is 70.8 Å². The van der Waals surface area contributed by atoms with Crippen molar-refractivity contribution in [1.82, 2.24) is 4.31 Å². The van der Waals surface area contributed by atoms with Crippen LogP contribution < -0.4 is 10.6 Å². The van der Waals surface area contributed by atoms with Crippen LogP contribution >= 0.6 is 0 Å². The standard InChI is InChI=1S/C36H50F13N3O8S/c1-4-5-6-13-16-26(17-14-11-9-7-8-10-12-15-18-28(53)54)60-30(56)50-25-20-19-24(2)27(23-25)51-29(55)59-22-21-52(3)61(57,58)36(48,49)34(43,44)32(39,40)31(37,38)33(41,42)35(45,46)47/h19-20,23,26H,4-18,21-22H2,1-3H3,(H,50,56)(H,51,55)(H,53,54). The van der Waals surface area contributed by atoms with E-state index in [9.17, 15) is 79.9 Å². The number of unbranched alkanes of at least 4 members (excludes halogenated alkanes) is 10. The number of sulfonamides is 1. The van der Waals surface area contributed by atoms with Crippen molar-refractivity contribution in [1.29, 1.82) is 0 Å². The number of carboxylic acids is 1. The van der Waals surface area contributed by atoms with Gasteiger partial charge in [-0.05, 0) is 56.7 Å². The number of nitrogens with one attached hydrogen (secondary N) is 2. The topological polar surface area (TPSA) is 151 Å². The van der Waals surface area contributed by atoms with Crippen LogP contribution in [0, 0.1) is 6.92 Å². The van der Waals surface area contributed by atoms with Gasteiger partial charge in [0.2, 0.25) is 0 Å². The third-order valence-electron chi connectivity index (χ3n) is 9.32. The lowest BCUT2D eigenvalue weighted by atomic mass is 9.98. The van der Waals surface area contributed by atoms with Gasteiger partial charge < -0.3 is 14.6 Å². The SMILES string of the molecule is CCCCCCC(CCCCCCCCCCC(=O)O)OC(=O)Nc1ccc(C)c(NC(=O)OCCN(C)S(=O)(=O)C(F)(F)C(F)(F)C(F)(F)C(F)(F)C(F)(F)C(F)(F)F)c1. The van der Waals surface area contributed by atoms with E-state index in [0.717, 1.165) is 70.6 Å². The van der Waals surface area contributed by atoms with Crippen LogP contribution in [0.2, 0.25) is 0 Å². The molecule has 61 heavy (non-hydrogen) atoms. The molecular formula is C36H50F13N3O8S. The molecule has 354 valence electrons. The highest BCUT2D eigenvalue weighted by Gasteiger charge is 2.92. The molecule has 0 aromatic heterocycles. The molecule has 3 N–H and O–H groups in total. The summed E-state index contributed by atoms with van der Waals surface area (Å²) < 4.78 is 209. The largest absolute Gasteiger partial charge is 0.481 e. The average Bonchev–Trinajstić information content (AvgIpc) is 3.14. The van der Waals surface area contributed by atoms with E-state index in [1.165, 1.54) is 25.1 Å². The fraction of sp³-hybridized carbons (Fsp3) is 0.750. The number of rotatable bonds is 28. The molecule has 1 aromatic carbocycles. The van der Waals surface area contributed by atoms with Gasteiger partial charge in [-0.25, -0.2) is 18.0 Å². The molecule has 0 aliphatic heterocycles. The predicted molar refractivity (Wildman–Crippen MR) is 195 cm³/mol. The van der Waals surface area contributed by atoms with Crippen molar-refractivity contribution in [2.75, 3.05) is 30.8 Å². The number of benzene rings is 1. The first-order chi connectivity index (χ1) is 27.9. The van der Waals surface area contributed by atoms with E-state index < -0.39 is 86.9 Å². The number of hydrogen-bond donors (Lipinski definition) is 3. The number of carboxylic acid groups (broad SMARTS) is 1. The summed E-state index contributed by atoms with van der Waals surface area (Å²) in [6.07, 6.45) is 1.65. The molecule has 1 unspecified atom stereocenters. The molecule has 1 rings (SSSR count). The third kappa shape index (κ3) is 14.7. The summed E-state index contributed by atoms with van der Waals surface area (Å²) in [6.45, 7) is 0.568. The fourth-order valence-electron chi connectivity index (χ4n) is 5.55. The Morgan fingerprint density at radius 3 is 1.70 bits per heavy atom. The quantitative estimate of drug-likeness (QED) is 0.0555. The van der Waals surface area contributed by atoms with Crippen molar-refractivity contribution in [2.24, 2.45) is 0 Å². The van der Waals surface area contributed by atoms with Gasteiger partial charge in [0.15, 0.2) is 0 Å². The Morgan fingerprint density at radius 2 is 1.20 bits per heavy atom. The Balaban J connectivity index is 2.87. The van der Waals surface area contributed by atoms with Gasteiger partial charge in [0.1, 0.15) is 12.7 Å². The van der Waals surface area contributed by atoms with Gasteiger partial charge >= 0.3 is 53.3 Å². The van der Waals surface area contributed by atoms with Crippen LogP contribution in [0.15, 0.2) is 18.2 Å². The van der Waals surface area contributed by atoms with E-state index in [1.807, 2.05) is 6.92 Å². The van der Waals surface area contributed by atoms with Crippen LogP contribution in [0.1, 0.15) is 109 Å². The number of halogens is 13. The number of amides is 2. The molecule has 0 heterocycles. The molecular weight excluding hydrogens is 881 g/mol. The normalized spacial score (nSPS) is 13.9. The molecule has 11 nitrogen and oxygen atoms in total. The highest BCUT2D eigenvalue weighted by atomic mass is 32.2. The van der Waals surface area contributed by atoms with Crippen molar-refractivity contribution in [3.63, 3.8) is 0 Å². The summed E-state index contributed by atoms with van der Waals surface area (Å²) in [5.74, 6) is -33.6. The van der Waals surface area contributed by atoms with Crippen molar-refractivity contribution in [3.8, 4) is 0 Å². The number of hydrogen-bond acceptors (Lipinski definition) is 7. The molecule has 1 aromatic rings. The molecule has 2 amide bonds. The van der Waals surface area contributed by atoms with Gasteiger partial charge in [0.25, 0.3) is 10.0 Å². The molecule has 0 aliphatic carbocycles. The van der Waals surface area contributed by atoms with Crippen LogP contribution in [0.3, 0.4) is 0 Å². The monoisotopic (exact) mass is 931 g/mol. The Labute approximate surface area is 344 Å². The highest BCUT2D eigenvalue weighted by Crippen LogP contribution is 2.61. The summed E-state index contributed by atoms with van der Waals surface area (Å²) >= 11 is 0. The number of aliphatic carboxylic acids is 1. The van der Waals surface area contributed by atoms with Crippen LogP contribution in [-0.4, -0.2) is 97.4 Å². The molecule has 0 spiro atoms. The third-order valence-corrected chi connectivity index (χ3v) is 11.2. The van der Waals surface area contributed by atoms with Crippen molar-refractivity contribution in [3.05, 3.63) is 23.8 Å². The van der Waals surface area contributed by atoms with Gasteiger partial charge in [0.05, 0.1) is 0 Å². The van der Waals surface area contributed by atoms with Crippen LogP contribution in [0.25, 0.3) is 0 Å². The highest BCUT2D eigenvalue weighted by molar-refractivity contribution is 7.90. The minimum atomic E-state index is -8.32. The maximum absolute atomic E-state index is 14.4. The smallest absolute Gasteiger partial charge is 0.460 e. The maximum Gasteiger partial charge on any atom is 0.460 e. The molecule has 0 fully saturated rings. The fourth-order valence-corrected chi connectivity index (χ4v) is 6.71. The lowest BCUT2D eigenvalue weighted by Crippen LogP contribution is -2.71. The van der Waals surface area contributed by atoms with Crippen molar-refractivity contribution >= 4 is 39.6 Å². The Bertz CT molecular complexity index is 1680. The second-order valence-electron chi connectivity index (χ2n) is 14.2. The molecule has 0 aliphatic rings. The summed E-state index contributed by atoms with van der Waals surface area (Å²) in [7, 11) is -7.34. The average molecular weight is 932 g/mol. The summed E-state index contributed by atoms with van der Waals surface area (Å²) in [5.41, 5.74) is 0.343. The predicted octanol–water partition coefficient (Wildman–Crippen LogP) is 11.4. The zero-order chi connectivity index (χ0) is 47.1. The van der Waals surface area contributed by atoms with E-state index in [-0.39, 0.29) is 24.8 Å². The molecule has 0 saturated carbocycles. The van der Waals surface area contributed by atoms with Crippen molar-refractivity contribution in [2.45, 2.75) is 151 Å². The lowest BCUT2D eigenvalue weighted by Gasteiger charge is -2.39. The van der Waals surface area contributed by atoms with Gasteiger partial charge in [-0.3, -0.25) is 15.4 Å². The molecule has 0 bridgehead atoms. The molecule has 25 heteroatoms.